The largest absolute Gasteiger partial charge is 0.454 e. The summed E-state index contributed by atoms with van der Waals surface area (Å²) in [5, 5.41) is 19.3. The Hall–Kier alpha value is -3.64. The molecule has 0 aliphatic heterocycles. The van der Waals surface area contributed by atoms with Crippen LogP contribution in [0.2, 0.25) is 0 Å². The first-order valence-electron chi connectivity index (χ1n) is 8.68. The van der Waals surface area contributed by atoms with Crippen molar-refractivity contribution in [1.82, 2.24) is 20.0 Å². The molecule has 0 bridgehead atoms. The topological polar surface area (TPSA) is 111 Å². The number of esters is 1. The van der Waals surface area contributed by atoms with Crippen molar-refractivity contribution in [2.24, 2.45) is 0 Å². The number of nitriles is 1. The first kappa shape index (κ1) is 20.1. The van der Waals surface area contributed by atoms with Crippen LogP contribution in [0, 0.1) is 18.3 Å². The molecule has 2 heterocycles. The third kappa shape index (κ3) is 5.67. The third-order valence-corrected chi connectivity index (χ3v) is 4.85. The number of aromatic nitrogens is 4. The van der Waals surface area contributed by atoms with Crippen molar-refractivity contribution in [3.05, 3.63) is 69.9 Å². The van der Waals surface area contributed by atoms with Gasteiger partial charge in [-0.05, 0) is 18.6 Å². The number of Topliss-reactive ketones (excluding diaryl/α,β-unsaturated/α-hetero) is 1. The van der Waals surface area contributed by atoms with Gasteiger partial charge in [0.25, 0.3) is 0 Å². The van der Waals surface area contributed by atoms with Gasteiger partial charge in [-0.15, -0.1) is 16.4 Å². The summed E-state index contributed by atoms with van der Waals surface area (Å²) in [7, 11) is 0. The average Bonchev–Trinajstić information content (AvgIpc) is 3.35. The van der Waals surface area contributed by atoms with E-state index < -0.39 is 24.3 Å². The van der Waals surface area contributed by atoms with E-state index in [-0.39, 0.29) is 0 Å². The van der Waals surface area contributed by atoms with Crippen molar-refractivity contribution in [2.75, 3.05) is 6.61 Å². The number of benzene rings is 1. The number of hydrogen-bond donors (Lipinski definition) is 0. The Balaban J connectivity index is 1.51. The molecule has 0 unspecified atom stereocenters. The average molecular weight is 407 g/mol. The lowest BCUT2D eigenvalue weighted by Crippen LogP contribution is -2.19. The molecule has 0 aliphatic carbocycles. The molecular weight excluding hydrogens is 390 g/mol. The molecule has 8 nitrogen and oxygen atoms in total. The Morgan fingerprint density at radius 2 is 2.14 bits per heavy atom. The number of carbonyl (C=O) groups excluding carboxylic acids is 2. The van der Waals surface area contributed by atoms with Gasteiger partial charge in [0.2, 0.25) is 0 Å². The highest BCUT2D eigenvalue weighted by Gasteiger charge is 2.24. The summed E-state index contributed by atoms with van der Waals surface area (Å²) in [6.07, 6.45) is 4.31. The minimum atomic E-state index is -1.04. The number of hydrogen-bond acceptors (Lipinski definition) is 8. The molecule has 29 heavy (non-hydrogen) atoms. The molecule has 146 valence electrons. The van der Waals surface area contributed by atoms with Crippen molar-refractivity contribution >= 4 is 29.2 Å². The molecule has 0 amide bonds. The van der Waals surface area contributed by atoms with Crippen molar-refractivity contribution in [3.8, 4) is 6.07 Å². The predicted molar refractivity (Wildman–Crippen MR) is 106 cm³/mol. The van der Waals surface area contributed by atoms with Crippen LogP contribution in [0.1, 0.15) is 27.9 Å². The molecule has 0 N–H and O–H groups in total. The van der Waals surface area contributed by atoms with Crippen LogP contribution >= 0.6 is 11.3 Å². The van der Waals surface area contributed by atoms with Gasteiger partial charge in [-0.1, -0.05) is 35.5 Å². The smallest absolute Gasteiger partial charge is 0.331 e. The maximum absolute atomic E-state index is 12.2. The second kappa shape index (κ2) is 9.52. The van der Waals surface area contributed by atoms with Gasteiger partial charge in [0.1, 0.15) is 10.7 Å². The van der Waals surface area contributed by atoms with Gasteiger partial charge in [-0.25, -0.2) is 14.5 Å². The molecule has 1 atom stereocenters. The zero-order valence-corrected chi connectivity index (χ0v) is 16.4. The predicted octanol–water partition coefficient (Wildman–Crippen LogP) is 2.52. The van der Waals surface area contributed by atoms with Crippen LogP contribution in [0.3, 0.4) is 0 Å². The molecule has 2 aromatic heterocycles. The Labute approximate surface area is 171 Å². The number of aryl methyl sites for hydroxylation is 1. The summed E-state index contributed by atoms with van der Waals surface area (Å²) < 4.78 is 6.58. The highest BCUT2D eigenvalue weighted by atomic mass is 32.1. The highest BCUT2D eigenvalue weighted by Crippen LogP contribution is 2.20. The Kier molecular flexibility index (Phi) is 6.60. The Morgan fingerprint density at radius 3 is 2.83 bits per heavy atom. The Bertz CT molecular complexity index is 1070. The fraction of sp³-hybridized carbons (Fsp3) is 0.200. The standard InChI is InChI=1S/C20H17N5O3S/c1-14-13-29-20(22-14)17(9-21)18(26)12-28-19(27)8-7-16-11-25(24-23-16)10-15-5-3-2-4-6-15/h2-8,11,13,17H,10,12H2,1H3/b8-7+/t17-/m1/s1. The van der Waals surface area contributed by atoms with Gasteiger partial charge >= 0.3 is 5.97 Å². The van der Waals surface area contributed by atoms with Crippen molar-refractivity contribution < 1.29 is 14.3 Å². The zero-order chi connectivity index (χ0) is 20.6. The fourth-order valence-corrected chi connectivity index (χ4v) is 3.30. The number of ether oxygens (including phenoxy) is 1. The second-order valence-electron chi connectivity index (χ2n) is 6.12. The third-order valence-electron chi connectivity index (χ3n) is 3.83. The summed E-state index contributed by atoms with van der Waals surface area (Å²) in [6.45, 7) is 1.84. The first-order chi connectivity index (χ1) is 14.0. The van der Waals surface area contributed by atoms with Crippen LogP contribution in [0.5, 0.6) is 0 Å². The van der Waals surface area contributed by atoms with Crippen molar-refractivity contribution in [2.45, 2.75) is 19.4 Å². The Morgan fingerprint density at radius 1 is 1.34 bits per heavy atom. The summed E-state index contributed by atoms with van der Waals surface area (Å²) >= 11 is 1.23. The number of carbonyl (C=O) groups is 2. The van der Waals surface area contributed by atoms with E-state index in [4.69, 9.17) is 4.74 Å². The zero-order valence-electron chi connectivity index (χ0n) is 15.6. The van der Waals surface area contributed by atoms with E-state index in [9.17, 15) is 14.9 Å². The van der Waals surface area contributed by atoms with Gasteiger partial charge in [0.05, 0.1) is 18.8 Å². The van der Waals surface area contributed by atoms with Gasteiger partial charge in [-0.3, -0.25) is 4.79 Å². The van der Waals surface area contributed by atoms with Crippen LogP contribution in [-0.4, -0.2) is 38.3 Å². The molecule has 0 aliphatic rings. The molecule has 1 aromatic carbocycles. The quantitative estimate of drug-likeness (QED) is 0.417. The molecule has 9 heteroatoms. The molecule has 0 radical (unpaired) electrons. The van der Waals surface area contributed by atoms with Crippen LogP contribution in [0.4, 0.5) is 0 Å². The first-order valence-corrected chi connectivity index (χ1v) is 9.56. The van der Waals surface area contributed by atoms with E-state index >= 15 is 0 Å². The fourth-order valence-electron chi connectivity index (χ4n) is 2.43. The lowest BCUT2D eigenvalue weighted by atomic mass is 10.1. The second-order valence-corrected chi connectivity index (χ2v) is 7.01. The number of thiazole rings is 1. The van der Waals surface area contributed by atoms with Crippen LogP contribution in [0.25, 0.3) is 6.08 Å². The van der Waals surface area contributed by atoms with E-state index in [0.29, 0.717) is 17.2 Å². The van der Waals surface area contributed by atoms with Crippen molar-refractivity contribution in [3.63, 3.8) is 0 Å². The van der Waals surface area contributed by atoms with Crippen LogP contribution in [-0.2, 0) is 20.9 Å². The maximum atomic E-state index is 12.2. The van der Waals surface area contributed by atoms with Gasteiger partial charge in [0.15, 0.2) is 18.3 Å². The van der Waals surface area contributed by atoms with E-state index in [1.165, 1.54) is 23.5 Å². The monoisotopic (exact) mass is 407 g/mol. The van der Waals surface area contributed by atoms with Crippen molar-refractivity contribution in [1.29, 1.82) is 5.26 Å². The van der Waals surface area contributed by atoms with E-state index in [2.05, 4.69) is 15.3 Å². The highest BCUT2D eigenvalue weighted by molar-refractivity contribution is 7.09. The minimum Gasteiger partial charge on any atom is -0.454 e. The lowest BCUT2D eigenvalue weighted by Gasteiger charge is -2.05. The van der Waals surface area contributed by atoms with Gasteiger partial charge in [-0.2, -0.15) is 5.26 Å². The van der Waals surface area contributed by atoms with E-state index in [0.717, 1.165) is 11.3 Å². The summed E-state index contributed by atoms with van der Waals surface area (Å²) in [5.41, 5.74) is 2.30. The summed E-state index contributed by atoms with van der Waals surface area (Å²) in [5.74, 6) is -2.26. The maximum Gasteiger partial charge on any atom is 0.331 e. The molecule has 0 saturated heterocycles. The van der Waals surface area contributed by atoms with Gasteiger partial charge < -0.3 is 4.74 Å². The SMILES string of the molecule is Cc1csc([C@H](C#N)C(=O)COC(=O)/C=C/c2cn(Cc3ccccc3)nn2)n1. The van der Waals surface area contributed by atoms with Crippen LogP contribution < -0.4 is 0 Å². The lowest BCUT2D eigenvalue weighted by molar-refractivity contribution is -0.143. The summed E-state index contributed by atoms with van der Waals surface area (Å²) in [6, 6.07) is 11.7. The molecule has 0 fully saturated rings. The summed E-state index contributed by atoms with van der Waals surface area (Å²) in [4.78, 5) is 28.2. The number of nitrogens with zero attached hydrogens (tertiary/aromatic N) is 5. The number of rotatable bonds is 8. The molecular formula is C20H17N5O3S. The molecule has 3 aromatic rings. The number of ketones is 1. The molecule has 0 spiro atoms. The van der Waals surface area contributed by atoms with E-state index in [1.807, 2.05) is 36.4 Å². The van der Waals surface area contributed by atoms with E-state index in [1.54, 1.807) is 23.2 Å². The molecule has 3 rings (SSSR count). The normalized spacial score (nSPS) is 11.9. The molecule has 0 saturated carbocycles. The van der Waals surface area contributed by atoms with Crippen LogP contribution in [0.15, 0.2) is 48.0 Å². The van der Waals surface area contributed by atoms with Gasteiger partial charge in [0, 0.05) is 17.2 Å². The minimum absolute atomic E-state index is 0.400.